The van der Waals surface area contributed by atoms with Crippen molar-refractivity contribution in [2.75, 3.05) is 7.11 Å². The molecule has 80 valence electrons. The number of hydrogen-bond acceptors (Lipinski definition) is 3. The molecule has 0 aliphatic rings. The number of ether oxygens (including phenoxy) is 1. The lowest BCUT2D eigenvalue weighted by Crippen LogP contribution is -1.89. The van der Waals surface area contributed by atoms with Crippen molar-refractivity contribution < 1.29 is 9.53 Å². The predicted molar refractivity (Wildman–Crippen MR) is 60.9 cm³/mol. The Bertz CT molecular complexity index is 549. The van der Waals surface area contributed by atoms with Gasteiger partial charge in [-0.05, 0) is 22.9 Å². The summed E-state index contributed by atoms with van der Waals surface area (Å²) in [4.78, 5) is 10.8. The summed E-state index contributed by atoms with van der Waals surface area (Å²) in [6, 6.07) is 13.5. The summed E-state index contributed by atoms with van der Waals surface area (Å²) in [5.41, 5.74) is 0.629. The number of rotatable bonds is 1. The molecule has 0 unspecified atom stereocenters. The van der Waals surface area contributed by atoms with Crippen molar-refractivity contribution >= 4 is 22.6 Å². The minimum absolute atomic E-state index is 0.629. The number of fused-ring (bicyclic) bond motifs is 1. The molecule has 0 aliphatic carbocycles. The van der Waals surface area contributed by atoms with Crippen LogP contribution in [0.3, 0.4) is 0 Å². The molecule has 2 rings (SSSR count). The predicted octanol–water partition coefficient (Wildman–Crippen LogP) is 3.69. The van der Waals surface area contributed by atoms with Gasteiger partial charge in [0.2, 0.25) is 0 Å². The quantitative estimate of drug-likeness (QED) is 0.679. The number of benzene rings is 2. The van der Waals surface area contributed by atoms with Gasteiger partial charge < -0.3 is 4.74 Å². The van der Waals surface area contributed by atoms with Crippen LogP contribution in [0, 0.1) is 0 Å². The topological polar surface area (TPSA) is 51.0 Å². The molecule has 0 spiro atoms. The smallest absolute Gasteiger partial charge is 0.450 e. The highest BCUT2D eigenvalue weighted by Crippen LogP contribution is 2.21. The van der Waals surface area contributed by atoms with Gasteiger partial charge in [-0.15, -0.1) is 5.11 Å². The average molecular weight is 214 g/mol. The second-order valence-corrected chi connectivity index (χ2v) is 3.20. The largest absolute Gasteiger partial charge is 0.452 e. The Morgan fingerprint density at radius 1 is 1.12 bits per heavy atom. The zero-order valence-corrected chi connectivity index (χ0v) is 8.75. The summed E-state index contributed by atoms with van der Waals surface area (Å²) in [6.07, 6.45) is -0.701. The summed E-state index contributed by atoms with van der Waals surface area (Å²) < 4.78 is 4.36. The Labute approximate surface area is 92.6 Å². The number of amides is 1. The van der Waals surface area contributed by atoms with Crippen LogP contribution in [0.15, 0.2) is 52.7 Å². The molecule has 0 fully saturated rings. The second kappa shape index (κ2) is 4.53. The molecule has 0 aromatic heterocycles. The first kappa shape index (κ1) is 10.3. The molecule has 16 heavy (non-hydrogen) atoms. The number of methoxy groups -OCH3 is 1. The normalized spacial score (nSPS) is 10.8. The summed E-state index contributed by atoms with van der Waals surface area (Å²) in [5, 5.41) is 9.34. The van der Waals surface area contributed by atoms with Gasteiger partial charge in [0.1, 0.15) is 0 Å². The number of nitrogens with zero attached hydrogens (tertiary/aromatic N) is 2. The summed E-state index contributed by atoms with van der Waals surface area (Å²) in [6.45, 7) is 0. The first-order valence-corrected chi connectivity index (χ1v) is 4.78. The molecule has 0 heterocycles. The van der Waals surface area contributed by atoms with Gasteiger partial charge >= 0.3 is 6.09 Å². The first-order valence-electron chi connectivity index (χ1n) is 4.78. The molecule has 0 N–H and O–H groups in total. The third-order valence-corrected chi connectivity index (χ3v) is 2.15. The molecule has 0 saturated carbocycles. The Hall–Kier alpha value is -2.23. The van der Waals surface area contributed by atoms with Gasteiger partial charge in [0.25, 0.3) is 0 Å². The summed E-state index contributed by atoms with van der Waals surface area (Å²) >= 11 is 0. The third kappa shape index (κ3) is 2.23. The third-order valence-electron chi connectivity index (χ3n) is 2.15. The number of hydrogen-bond donors (Lipinski definition) is 0. The van der Waals surface area contributed by atoms with E-state index in [9.17, 15) is 4.79 Å². The van der Waals surface area contributed by atoms with E-state index in [1.54, 1.807) is 6.07 Å². The van der Waals surface area contributed by atoms with Crippen molar-refractivity contribution in [1.82, 2.24) is 0 Å². The fourth-order valence-electron chi connectivity index (χ4n) is 1.38. The maximum absolute atomic E-state index is 10.8. The lowest BCUT2D eigenvalue weighted by Gasteiger charge is -1.97. The van der Waals surface area contributed by atoms with E-state index in [-0.39, 0.29) is 0 Å². The minimum atomic E-state index is -0.701. The van der Waals surface area contributed by atoms with Gasteiger partial charge in [-0.25, -0.2) is 4.79 Å². The highest BCUT2D eigenvalue weighted by Gasteiger charge is 1.96. The number of carbonyl (C=O) groups is 1. The van der Waals surface area contributed by atoms with E-state index in [0.29, 0.717) is 5.69 Å². The van der Waals surface area contributed by atoms with E-state index in [2.05, 4.69) is 15.0 Å². The zero-order valence-electron chi connectivity index (χ0n) is 8.75. The van der Waals surface area contributed by atoms with Crippen LogP contribution in [0.5, 0.6) is 0 Å². The highest BCUT2D eigenvalue weighted by atomic mass is 16.5. The van der Waals surface area contributed by atoms with E-state index in [4.69, 9.17) is 0 Å². The monoisotopic (exact) mass is 214 g/mol. The SMILES string of the molecule is COC(=O)N=Nc1ccc2ccccc2c1. The van der Waals surface area contributed by atoms with Crippen LogP contribution in [0.1, 0.15) is 0 Å². The molecule has 4 nitrogen and oxygen atoms in total. The molecule has 0 bridgehead atoms. The fraction of sp³-hybridized carbons (Fsp3) is 0.0833. The fourth-order valence-corrected chi connectivity index (χ4v) is 1.38. The van der Waals surface area contributed by atoms with Crippen LogP contribution in [0.2, 0.25) is 0 Å². The lowest BCUT2D eigenvalue weighted by atomic mass is 10.1. The van der Waals surface area contributed by atoms with Gasteiger partial charge in [-0.1, -0.05) is 35.4 Å². The van der Waals surface area contributed by atoms with Gasteiger partial charge in [0, 0.05) is 0 Å². The lowest BCUT2D eigenvalue weighted by molar-refractivity contribution is 0.181. The highest BCUT2D eigenvalue weighted by molar-refractivity contribution is 5.85. The maximum Gasteiger partial charge on any atom is 0.452 e. The van der Waals surface area contributed by atoms with Crippen molar-refractivity contribution in [1.29, 1.82) is 0 Å². The Kier molecular flexibility index (Phi) is 2.91. The standard InChI is InChI=1S/C12H10N2O2/c1-16-12(15)14-13-11-7-6-9-4-2-3-5-10(9)8-11/h2-8H,1H3. The summed E-state index contributed by atoms with van der Waals surface area (Å²) in [7, 11) is 1.27. The number of azo groups is 1. The molecule has 2 aromatic rings. The van der Waals surface area contributed by atoms with Gasteiger partial charge in [0.05, 0.1) is 12.8 Å². The average Bonchev–Trinajstić information content (AvgIpc) is 2.35. The van der Waals surface area contributed by atoms with Crippen LogP contribution < -0.4 is 0 Å². The summed E-state index contributed by atoms with van der Waals surface area (Å²) in [5.74, 6) is 0. The molecular formula is C12H10N2O2. The van der Waals surface area contributed by atoms with E-state index < -0.39 is 6.09 Å². The van der Waals surface area contributed by atoms with E-state index >= 15 is 0 Å². The van der Waals surface area contributed by atoms with E-state index in [1.165, 1.54) is 7.11 Å². The molecule has 0 radical (unpaired) electrons. The van der Waals surface area contributed by atoms with Crippen molar-refractivity contribution in [3.8, 4) is 0 Å². The second-order valence-electron chi connectivity index (χ2n) is 3.20. The maximum atomic E-state index is 10.8. The van der Waals surface area contributed by atoms with Crippen LogP contribution in [0.25, 0.3) is 10.8 Å². The van der Waals surface area contributed by atoms with Crippen LogP contribution in [-0.4, -0.2) is 13.2 Å². The van der Waals surface area contributed by atoms with Gasteiger partial charge in [-0.3, -0.25) is 0 Å². The Morgan fingerprint density at radius 3 is 2.62 bits per heavy atom. The molecule has 0 aliphatic heterocycles. The Morgan fingerprint density at radius 2 is 1.88 bits per heavy atom. The van der Waals surface area contributed by atoms with Crippen molar-refractivity contribution in [3.05, 3.63) is 42.5 Å². The number of carbonyl (C=O) groups excluding carboxylic acids is 1. The first-order chi connectivity index (χ1) is 7.79. The van der Waals surface area contributed by atoms with Crippen molar-refractivity contribution in [2.24, 2.45) is 10.2 Å². The van der Waals surface area contributed by atoms with Gasteiger partial charge in [-0.2, -0.15) is 0 Å². The van der Waals surface area contributed by atoms with E-state index in [1.807, 2.05) is 36.4 Å². The van der Waals surface area contributed by atoms with Crippen LogP contribution in [-0.2, 0) is 4.74 Å². The van der Waals surface area contributed by atoms with Crippen molar-refractivity contribution in [3.63, 3.8) is 0 Å². The van der Waals surface area contributed by atoms with Crippen LogP contribution in [0.4, 0.5) is 10.5 Å². The van der Waals surface area contributed by atoms with Gasteiger partial charge in [0.15, 0.2) is 0 Å². The Balaban J connectivity index is 2.33. The molecular weight excluding hydrogens is 204 g/mol. The van der Waals surface area contributed by atoms with E-state index in [0.717, 1.165) is 10.8 Å². The van der Waals surface area contributed by atoms with Crippen LogP contribution >= 0.6 is 0 Å². The molecule has 1 amide bonds. The molecule has 4 heteroatoms. The molecule has 2 aromatic carbocycles. The van der Waals surface area contributed by atoms with Crippen molar-refractivity contribution in [2.45, 2.75) is 0 Å². The zero-order chi connectivity index (χ0) is 11.4. The minimum Gasteiger partial charge on any atom is -0.450 e. The molecule has 0 atom stereocenters. The molecule has 0 saturated heterocycles.